The Morgan fingerprint density at radius 1 is 1.26 bits per heavy atom. The maximum atomic E-state index is 13.1. The number of rotatable bonds is 9. The molecule has 3 rings (SSSR count). The minimum absolute atomic E-state index is 0.0994. The average Bonchev–Trinajstić information content (AvgIpc) is 3.05. The molecule has 0 aliphatic carbocycles. The van der Waals surface area contributed by atoms with Crippen LogP contribution < -0.4 is 4.74 Å². The van der Waals surface area contributed by atoms with Gasteiger partial charge in [-0.05, 0) is 61.0 Å². The second-order valence-electron chi connectivity index (χ2n) is 6.74. The van der Waals surface area contributed by atoms with Gasteiger partial charge in [0.2, 0.25) is 0 Å². The first-order valence-corrected chi connectivity index (χ1v) is 10.8. The van der Waals surface area contributed by atoms with Crippen molar-refractivity contribution in [1.29, 1.82) is 0 Å². The number of ether oxygens (including phenoxy) is 2. The van der Waals surface area contributed by atoms with Gasteiger partial charge in [-0.15, -0.1) is 6.58 Å². The van der Waals surface area contributed by atoms with Crippen LogP contribution in [0.1, 0.15) is 18.1 Å². The highest BCUT2D eigenvalue weighted by molar-refractivity contribution is 8.18. The van der Waals surface area contributed by atoms with Crippen molar-refractivity contribution >= 4 is 34.6 Å². The largest absolute Gasteiger partial charge is 0.504 e. The van der Waals surface area contributed by atoms with Crippen LogP contribution in [0.15, 0.2) is 65.0 Å². The van der Waals surface area contributed by atoms with E-state index in [1.54, 1.807) is 30.2 Å². The summed E-state index contributed by atoms with van der Waals surface area (Å²) in [6.07, 6.45) is 4.01. The van der Waals surface area contributed by atoms with Crippen molar-refractivity contribution in [3.05, 3.63) is 71.2 Å². The highest BCUT2D eigenvalue weighted by Crippen LogP contribution is 2.37. The maximum absolute atomic E-state index is 13.1. The molecule has 1 fully saturated rings. The molecule has 1 aliphatic rings. The van der Waals surface area contributed by atoms with E-state index in [2.05, 4.69) is 11.6 Å². The van der Waals surface area contributed by atoms with Gasteiger partial charge in [0.1, 0.15) is 0 Å². The van der Waals surface area contributed by atoms with Crippen LogP contribution in [0.2, 0.25) is 0 Å². The van der Waals surface area contributed by atoms with Gasteiger partial charge in [-0.2, -0.15) is 0 Å². The number of allylic oxidation sites excluding steroid dienone is 1. The van der Waals surface area contributed by atoms with Crippen molar-refractivity contribution in [2.24, 2.45) is 4.99 Å². The lowest BCUT2D eigenvalue weighted by Gasteiger charge is -2.14. The first kappa shape index (κ1) is 22.7. The SMILES string of the molecule is C=CCc1cc(C=C2SC(=Nc3ccccc3)N(CCOC)C2=O)cc(OCC)c1O. The molecule has 6 nitrogen and oxygen atoms in total. The standard InChI is InChI=1S/C24H26N2O4S/c1-4-9-18-14-17(15-20(22(18)27)30-5-2)16-21-23(28)26(12-13-29-3)24(31-21)25-19-10-7-6-8-11-19/h4,6-8,10-11,14-16,27H,1,5,9,12-13H2,2-3H3. The van der Waals surface area contributed by atoms with Gasteiger partial charge in [0.25, 0.3) is 5.91 Å². The number of amides is 1. The predicted molar refractivity (Wildman–Crippen MR) is 126 cm³/mol. The first-order valence-electron chi connectivity index (χ1n) is 10.0. The average molecular weight is 439 g/mol. The minimum atomic E-state index is -0.131. The summed E-state index contributed by atoms with van der Waals surface area (Å²) in [6.45, 7) is 6.84. The molecular weight excluding hydrogens is 412 g/mol. The Balaban J connectivity index is 1.99. The molecule has 1 saturated heterocycles. The van der Waals surface area contributed by atoms with E-state index < -0.39 is 0 Å². The van der Waals surface area contributed by atoms with Crippen LogP contribution in [-0.2, 0) is 16.0 Å². The Kier molecular flexibility index (Phi) is 7.92. The van der Waals surface area contributed by atoms with Crippen LogP contribution in [0.3, 0.4) is 0 Å². The number of hydrogen-bond acceptors (Lipinski definition) is 6. The van der Waals surface area contributed by atoms with E-state index in [0.29, 0.717) is 47.6 Å². The van der Waals surface area contributed by atoms with Gasteiger partial charge in [0.15, 0.2) is 16.7 Å². The molecule has 0 radical (unpaired) electrons. The molecule has 1 amide bonds. The fourth-order valence-electron chi connectivity index (χ4n) is 3.08. The number of nitrogens with zero attached hydrogens (tertiary/aromatic N) is 2. The quantitative estimate of drug-likeness (QED) is 0.451. The monoisotopic (exact) mass is 438 g/mol. The van der Waals surface area contributed by atoms with Crippen molar-refractivity contribution in [2.45, 2.75) is 13.3 Å². The number of methoxy groups -OCH3 is 1. The van der Waals surface area contributed by atoms with Crippen LogP contribution in [0.25, 0.3) is 6.08 Å². The van der Waals surface area contributed by atoms with Gasteiger partial charge >= 0.3 is 0 Å². The molecule has 162 valence electrons. The van der Waals surface area contributed by atoms with Crippen molar-refractivity contribution in [2.75, 3.05) is 26.9 Å². The molecule has 2 aromatic carbocycles. The lowest BCUT2D eigenvalue weighted by Crippen LogP contribution is -2.32. The molecule has 0 aromatic heterocycles. The number of aliphatic imine (C=N–C) groups is 1. The summed E-state index contributed by atoms with van der Waals surface area (Å²) in [5, 5.41) is 11.0. The topological polar surface area (TPSA) is 71.4 Å². The van der Waals surface area contributed by atoms with Crippen LogP contribution >= 0.6 is 11.8 Å². The van der Waals surface area contributed by atoms with E-state index >= 15 is 0 Å². The molecular formula is C24H26N2O4S. The molecule has 0 atom stereocenters. The van der Waals surface area contributed by atoms with E-state index in [1.807, 2.05) is 43.3 Å². The maximum Gasteiger partial charge on any atom is 0.266 e. The fraction of sp³-hybridized carbons (Fsp3) is 0.250. The number of hydrogen-bond donors (Lipinski definition) is 1. The van der Waals surface area contributed by atoms with Crippen molar-refractivity contribution in [1.82, 2.24) is 4.90 Å². The van der Waals surface area contributed by atoms with Crippen molar-refractivity contribution in [3.8, 4) is 11.5 Å². The molecule has 31 heavy (non-hydrogen) atoms. The summed E-state index contributed by atoms with van der Waals surface area (Å²) in [7, 11) is 1.60. The van der Waals surface area contributed by atoms with Gasteiger partial charge in [-0.3, -0.25) is 9.69 Å². The fourth-order valence-corrected chi connectivity index (χ4v) is 4.11. The van der Waals surface area contributed by atoms with Gasteiger partial charge in [0, 0.05) is 12.7 Å². The van der Waals surface area contributed by atoms with E-state index in [0.717, 1.165) is 11.3 Å². The normalized spacial score (nSPS) is 16.3. The number of benzene rings is 2. The van der Waals surface area contributed by atoms with Crippen molar-refractivity contribution < 1.29 is 19.4 Å². The summed E-state index contributed by atoms with van der Waals surface area (Å²) < 4.78 is 10.7. The lowest BCUT2D eigenvalue weighted by molar-refractivity contribution is -0.122. The number of para-hydroxylation sites is 1. The summed E-state index contributed by atoms with van der Waals surface area (Å²) in [5.41, 5.74) is 2.23. The third-order valence-corrected chi connectivity index (χ3v) is 5.53. The molecule has 0 saturated carbocycles. The van der Waals surface area contributed by atoms with E-state index in [1.165, 1.54) is 11.8 Å². The Bertz CT molecular complexity index is 1000. The Hall–Kier alpha value is -3.03. The molecule has 1 heterocycles. The van der Waals surface area contributed by atoms with E-state index in [9.17, 15) is 9.90 Å². The Labute approximate surface area is 186 Å². The summed E-state index contributed by atoms with van der Waals surface area (Å²) in [5.74, 6) is 0.356. The number of carbonyl (C=O) groups excluding carboxylic acids is 1. The third-order valence-electron chi connectivity index (χ3n) is 4.53. The minimum Gasteiger partial charge on any atom is -0.504 e. The van der Waals surface area contributed by atoms with Crippen LogP contribution in [0.4, 0.5) is 5.69 Å². The zero-order valence-electron chi connectivity index (χ0n) is 17.7. The summed E-state index contributed by atoms with van der Waals surface area (Å²) in [4.78, 5) is 19.9. The van der Waals surface area contributed by atoms with Gasteiger partial charge in [-0.25, -0.2) is 4.99 Å². The zero-order chi connectivity index (χ0) is 22.2. The number of aromatic hydroxyl groups is 1. The second kappa shape index (κ2) is 10.8. The van der Waals surface area contributed by atoms with Crippen LogP contribution in [0.5, 0.6) is 11.5 Å². The Morgan fingerprint density at radius 3 is 2.71 bits per heavy atom. The smallest absolute Gasteiger partial charge is 0.266 e. The molecule has 7 heteroatoms. The molecule has 0 bridgehead atoms. The molecule has 2 aromatic rings. The van der Waals surface area contributed by atoms with E-state index in [-0.39, 0.29) is 11.7 Å². The van der Waals surface area contributed by atoms with Crippen molar-refractivity contribution in [3.63, 3.8) is 0 Å². The summed E-state index contributed by atoms with van der Waals surface area (Å²) >= 11 is 1.32. The van der Waals surface area contributed by atoms with Gasteiger partial charge in [0.05, 0.1) is 30.4 Å². The number of phenolic OH excluding ortho intramolecular Hbond substituents is 1. The first-order chi connectivity index (χ1) is 15.1. The van der Waals surface area contributed by atoms with Crippen LogP contribution in [-0.4, -0.2) is 47.9 Å². The lowest BCUT2D eigenvalue weighted by atomic mass is 10.1. The summed E-state index contributed by atoms with van der Waals surface area (Å²) in [6, 6.07) is 13.1. The number of thioether (sulfide) groups is 1. The predicted octanol–water partition coefficient (Wildman–Crippen LogP) is 4.77. The number of amidine groups is 1. The third kappa shape index (κ3) is 5.57. The molecule has 0 unspecified atom stereocenters. The highest BCUT2D eigenvalue weighted by Gasteiger charge is 2.33. The van der Waals surface area contributed by atoms with Gasteiger partial charge in [-0.1, -0.05) is 24.3 Å². The molecule has 1 N–H and O–H groups in total. The molecule has 1 aliphatic heterocycles. The molecule has 0 spiro atoms. The zero-order valence-corrected chi connectivity index (χ0v) is 18.5. The second-order valence-corrected chi connectivity index (χ2v) is 7.75. The Morgan fingerprint density at radius 2 is 2.03 bits per heavy atom. The number of carbonyl (C=O) groups is 1. The van der Waals surface area contributed by atoms with Crippen LogP contribution in [0, 0.1) is 0 Å². The number of phenols is 1. The highest BCUT2D eigenvalue weighted by atomic mass is 32.2. The van der Waals surface area contributed by atoms with E-state index in [4.69, 9.17) is 9.47 Å². The van der Waals surface area contributed by atoms with Gasteiger partial charge < -0.3 is 14.6 Å².